The number of hydrogen-bond acceptors (Lipinski definition) is 0. The normalized spacial score (nSPS) is 9.48. The zero-order valence-corrected chi connectivity index (χ0v) is 18.2. The molecule has 0 aliphatic carbocycles. The fourth-order valence-corrected chi connectivity index (χ4v) is 2.74. The molecule has 0 nitrogen and oxygen atoms in total. The summed E-state index contributed by atoms with van der Waals surface area (Å²) in [7, 11) is 0. The van der Waals surface area contributed by atoms with Crippen LogP contribution in [0.15, 0.2) is 109 Å². The Balaban J connectivity index is 0.000000187. The van der Waals surface area contributed by atoms with E-state index in [0.29, 0.717) is 0 Å². The van der Waals surface area contributed by atoms with Crippen molar-refractivity contribution in [2.45, 2.75) is 12.8 Å². The van der Waals surface area contributed by atoms with Gasteiger partial charge in [-0.3, -0.25) is 0 Å². The Kier molecular flexibility index (Phi) is 9.76. The summed E-state index contributed by atoms with van der Waals surface area (Å²) in [4.78, 5) is 0. The van der Waals surface area contributed by atoms with Gasteiger partial charge in [0, 0.05) is 32.7 Å². The van der Waals surface area contributed by atoms with Crippen molar-refractivity contribution in [1.29, 1.82) is 0 Å². The Bertz CT molecular complexity index is 705. The van der Waals surface area contributed by atoms with Crippen molar-refractivity contribution in [2.75, 3.05) is 0 Å². The minimum absolute atomic E-state index is 0. The van der Waals surface area contributed by atoms with Gasteiger partial charge in [-0.25, -0.2) is 0 Å². The van der Waals surface area contributed by atoms with Crippen LogP contribution in [0.1, 0.15) is 22.3 Å². The summed E-state index contributed by atoms with van der Waals surface area (Å²) < 4.78 is 0. The Labute approximate surface area is 188 Å². The van der Waals surface area contributed by atoms with Crippen LogP contribution in [0.2, 0.25) is 0 Å². The monoisotopic (exact) mass is 423 g/mol. The first-order valence-electron chi connectivity index (χ1n) is 8.88. The van der Waals surface area contributed by atoms with E-state index in [1.807, 2.05) is 36.4 Å². The standard InChI is InChI=1S/2C13H11.Y/c2*1-3-7-12(8-4-1)11-13-9-5-2-6-10-13;/h2*1,3-10H,11H2;/q2*-1;. The van der Waals surface area contributed by atoms with Crippen LogP contribution in [-0.4, -0.2) is 0 Å². The van der Waals surface area contributed by atoms with Crippen molar-refractivity contribution in [1.82, 2.24) is 0 Å². The van der Waals surface area contributed by atoms with Gasteiger partial charge >= 0.3 is 0 Å². The molecule has 0 N–H and O–H groups in total. The van der Waals surface area contributed by atoms with Crippen LogP contribution < -0.4 is 0 Å². The molecular weight excluding hydrogens is 401 g/mol. The number of hydrogen-bond donors (Lipinski definition) is 0. The Morgan fingerprint density at radius 2 is 0.704 bits per heavy atom. The predicted octanol–water partition coefficient (Wildman–Crippen LogP) is 6.15. The first kappa shape index (κ1) is 21.3. The largest absolute Gasteiger partial charge is 0.184 e. The minimum Gasteiger partial charge on any atom is -0.184 e. The second-order valence-corrected chi connectivity index (χ2v) is 6.14. The van der Waals surface area contributed by atoms with E-state index in [0.717, 1.165) is 12.8 Å². The summed E-state index contributed by atoms with van der Waals surface area (Å²) in [6.45, 7) is 0. The molecule has 0 heterocycles. The summed E-state index contributed by atoms with van der Waals surface area (Å²) >= 11 is 0. The number of benzene rings is 4. The van der Waals surface area contributed by atoms with Crippen molar-refractivity contribution in [3.05, 3.63) is 144 Å². The van der Waals surface area contributed by atoms with Gasteiger partial charge in [-0.05, 0) is 24.0 Å². The minimum atomic E-state index is 0. The van der Waals surface area contributed by atoms with E-state index in [4.69, 9.17) is 0 Å². The van der Waals surface area contributed by atoms with E-state index in [-0.39, 0.29) is 32.7 Å². The first-order valence-corrected chi connectivity index (χ1v) is 8.88. The van der Waals surface area contributed by atoms with Gasteiger partial charge in [0.05, 0.1) is 0 Å². The molecule has 4 aromatic rings. The third-order valence-electron chi connectivity index (χ3n) is 4.08. The van der Waals surface area contributed by atoms with Gasteiger partial charge in [0.2, 0.25) is 0 Å². The topological polar surface area (TPSA) is 0 Å². The molecule has 0 amide bonds. The van der Waals surface area contributed by atoms with Crippen molar-refractivity contribution >= 4 is 0 Å². The maximum Gasteiger partial charge on any atom is 0 e. The molecule has 4 aromatic carbocycles. The zero-order chi connectivity index (χ0) is 17.9. The summed E-state index contributed by atoms with van der Waals surface area (Å²) in [6, 6.07) is 43.3. The predicted molar refractivity (Wildman–Crippen MR) is 109 cm³/mol. The van der Waals surface area contributed by atoms with Crippen molar-refractivity contribution < 1.29 is 32.7 Å². The van der Waals surface area contributed by atoms with E-state index < -0.39 is 0 Å². The molecule has 131 valence electrons. The fourth-order valence-electron chi connectivity index (χ4n) is 2.74. The van der Waals surface area contributed by atoms with Gasteiger partial charge in [-0.15, -0.1) is 0 Å². The third kappa shape index (κ3) is 8.03. The second kappa shape index (κ2) is 12.4. The number of rotatable bonds is 4. The molecule has 0 saturated carbocycles. The van der Waals surface area contributed by atoms with Gasteiger partial charge in [0.25, 0.3) is 0 Å². The molecule has 1 radical (unpaired) electrons. The van der Waals surface area contributed by atoms with Gasteiger partial charge in [0.15, 0.2) is 0 Å². The van der Waals surface area contributed by atoms with E-state index in [1.165, 1.54) is 22.3 Å². The molecule has 1 heteroatoms. The maximum absolute atomic E-state index is 3.02. The molecule has 0 saturated heterocycles. The van der Waals surface area contributed by atoms with E-state index in [2.05, 4.69) is 84.9 Å². The van der Waals surface area contributed by atoms with Crippen LogP contribution in [-0.2, 0) is 45.6 Å². The summed E-state index contributed by atoms with van der Waals surface area (Å²) in [5.74, 6) is 0. The molecule has 0 fully saturated rings. The van der Waals surface area contributed by atoms with Crippen LogP contribution >= 0.6 is 0 Å². The van der Waals surface area contributed by atoms with Gasteiger partial charge in [0.1, 0.15) is 0 Å². The maximum atomic E-state index is 3.02. The summed E-state index contributed by atoms with van der Waals surface area (Å²) in [6.07, 6.45) is 2.02. The van der Waals surface area contributed by atoms with E-state index >= 15 is 0 Å². The summed E-state index contributed by atoms with van der Waals surface area (Å²) in [5.41, 5.74) is 5.39. The molecule has 0 unspecified atom stereocenters. The average molecular weight is 423 g/mol. The SMILES string of the molecule is [Y].[c-]1ccc(Cc2ccccc2)cc1.[c-]1ccc(Cc2ccccc2)cc1. The Hall–Kier alpha value is -2.02. The molecule has 0 spiro atoms. The van der Waals surface area contributed by atoms with Gasteiger partial charge in [-0.1, -0.05) is 60.7 Å². The van der Waals surface area contributed by atoms with Crippen LogP contribution in [0.5, 0.6) is 0 Å². The Morgan fingerprint density at radius 3 is 1.04 bits per heavy atom. The quantitative estimate of drug-likeness (QED) is 0.345. The second-order valence-electron chi connectivity index (χ2n) is 6.14. The molecular formula is C26H22Y-2. The van der Waals surface area contributed by atoms with Crippen molar-refractivity contribution in [2.24, 2.45) is 0 Å². The van der Waals surface area contributed by atoms with Crippen LogP contribution in [0.3, 0.4) is 0 Å². The fraction of sp³-hybridized carbons (Fsp3) is 0.0769. The zero-order valence-electron chi connectivity index (χ0n) is 15.4. The average Bonchev–Trinajstić information content (AvgIpc) is 2.72. The molecule has 27 heavy (non-hydrogen) atoms. The molecule has 0 bridgehead atoms. The van der Waals surface area contributed by atoms with E-state index in [9.17, 15) is 0 Å². The summed E-state index contributed by atoms with van der Waals surface area (Å²) in [5, 5.41) is 0. The Morgan fingerprint density at radius 1 is 0.407 bits per heavy atom. The molecule has 0 aliphatic rings. The molecule has 4 rings (SSSR count). The van der Waals surface area contributed by atoms with Gasteiger partial charge in [-0.2, -0.15) is 71.8 Å². The van der Waals surface area contributed by atoms with E-state index in [1.54, 1.807) is 0 Å². The third-order valence-corrected chi connectivity index (χ3v) is 4.08. The smallest absolute Gasteiger partial charge is 0 e. The van der Waals surface area contributed by atoms with Crippen LogP contribution in [0, 0.1) is 12.1 Å². The molecule has 0 atom stereocenters. The van der Waals surface area contributed by atoms with Crippen LogP contribution in [0.4, 0.5) is 0 Å². The van der Waals surface area contributed by atoms with Gasteiger partial charge < -0.3 is 0 Å². The molecule has 0 aliphatic heterocycles. The first-order chi connectivity index (χ1) is 12.9. The van der Waals surface area contributed by atoms with Crippen molar-refractivity contribution in [3.63, 3.8) is 0 Å². The van der Waals surface area contributed by atoms with Crippen LogP contribution in [0.25, 0.3) is 0 Å². The molecule has 0 aromatic heterocycles. The van der Waals surface area contributed by atoms with Crippen molar-refractivity contribution in [3.8, 4) is 0 Å².